The number of anilines is 2. The second kappa shape index (κ2) is 7.27. The third-order valence-corrected chi connectivity index (χ3v) is 4.54. The van der Waals surface area contributed by atoms with Gasteiger partial charge in [-0.2, -0.15) is 0 Å². The molecule has 0 aliphatic rings. The number of benzene rings is 3. The Hall–Kier alpha value is -3.47. The van der Waals surface area contributed by atoms with Crippen LogP contribution in [0.1, 0.15) is 5.56 Å². The van der Waals surface area contributed by atoms with E-state index in [0.717, 1.165) is 21.9 Å². The molecule has 0 aliphatic carbocycles. The Morgan fingerprint density at radius 1 is 0.893 bits per heavy atom. The number of nitrogens with one attached hydrogen (secondary N) is 1. The highest BCUT2D eigenvalue weighted by atomic mass is 19.1. The highest BCUT2D eigenvalue weighted by Crippen LogP contribution is 2.31. The molecule has 140 valence electrons. The van der Waals surface area contributed by atoms with Crippen LogP contribution in [0.5, 0.6) is 5.75 Å². The van der Waals surface area contributed by atoms with Gasteiger partial charge < -0.3 is 10.1 Å². The average molecular weight is 376 g/mol. The summed E-state index contributed by atoms with van der Waals surface area (Å²) >= 11 is 0. The van der Waals surface area contributed by atoms with Gasteiger partial charge in [0.05, 0.1) is 12.8 Å². The molecule has 4 rings (SSSR count). The van der Waals surface area contributed by atoms with Gasteiger partial charge in [-0.05, 0) is 60.8 Å². The molecule has 0 bridgehead atoms. The zero-order valence-corrected chi connectivity index (χ0v) is 15.5. The molecule has 0 saturated carbocycles. The first-order valence-electron chi connectivity index (χ1n) is 8.81. The fourth-order valence-electron chi connectivity index (χ4n) is 3.11. The summed E-state index contributed by atoms with van der Waals surface area (Å²) in [6.45, 7) is 2.00. The molecule has 0 amide bonds. The van der Waals surface area contributed by atoms with E-state index in [1.165, 1.54) is 25.3 Å². The zero-order chi connectivity index (χ0) is 19.7. The lowest BCUT2D eigenvalue weighted by atomic mass is 10.0. The van der Waals surface area contributed by atoms with Crippen LogP contribution in [0.25, 0.3) is 22.0 Å². The van der Waals surface area contributed by atoms with Crippen LogP contribution >= 0.6 is 0 Å². The number of aromatic nitrogens is 1. The van der Waals surface area contributed by atoms with Gasteiger partial charge in [0.2, 0.25) is 0 Å². The number of hydrogen-bond donors (Lipinski definition) is 1. The van der Waals surface area contributed by atoms with Crippen molar-refractivity contribution in [3.05, 3.63) is 83.9 Å². The molecule has 0 fully saturated rings. The largest absolute Gasteiger partial charge is 0.494 e. The predicted octanol–water partition coefficient (Wildman–Crippen LogP) is 6.24. The molecule has 4 aromatic rings. The Kier molecular flexibility index (Phi) is 4.65. The van der Waals surface area contributed by atoms with Crippen LogP contribution in [0.15, 0.2) is 66.7 Å². The maximum absolute atomic E-state index is 14.1. The lowest BCUT2D eigenvalue weighted by Gasteiger charge is -2.13. The van der Waals surface area contributed by atoms with Gasteiger partial charge in [0.1, 0.15) is 11.6 Å². The number of methoxy groups -OCH3 is 1. The van der Waals surface area contributed by atoms with Crippen LogP contribution < -0.4 is 10.1 Å². The van der Waals surface area contributed by atoms with Crippen molar-refractivity contribution in [3.63, 3.8) is 0 Å². The van der Waals surface area contributed by atoms with Crippen molar-refractivity contribution in [3.8, 4) is 17.0 Å². The van der Waals surface area contributed by atoms with Gasteiger partial charge in [0.25, 0.3) is 0 Å². The van der Waals surface area contributed by atoms with Gasteiger partial charge in [-0.3, -0.25) is 0 Å². The third kappa shape index (κ3) is 3.51. The SMILES string of the molecule is COc1ccc(Nc2nc(-c3ccc(F)cc3)cc3ccc(C)cc23)cc1F. The average Bonchev–Trinajstić information content (AvgIpc) is 2.69. The van der Waals surface area contributed by atoms with Crippen molar-refractivity contribution in [2.75, 3.05) is 12.4 Å². The number of halogens is 2. The number of rotatable bonds is 4. The molecule has 0 radical (unpaired) electrons. The van der Waals surface area contributed by atoms with E-state index in [2.05, 4.69) is 5.32 Å². The fourth-order valence-corrected chi connectivity index (χ4v) is 3.11. The number of hydrogen-bond acceptors (Lipinski definition) is 3. The Morgan fingerprint density at radius 2 is 1.68 bits per heavy atom. The smallest absolute Gasteiger partial charge is 0.167 e. The van der Waals surface area contributed by atoms with Crippen molar-refractivity contribution >= 4 is 22.3 Å². The molecule has 0 spiro atoms. The molecule has 0 saturated heterocycles. The van der Waals surface area contributed by atoms with E-state index >= 15 is 0 Å². The van der Waals surface area contributed by atoms with E-state index in [9.17, 15) is 8.78 Å². The molecule has 3 nitrogen and oxygen atoms in total. The Morgan fingerprint density at radius 3 is 2.39 bits per heavy atom. The molecule has 0 unspecified atom stereocenters. The summed E-state index contributed by atoms with van der Waals surface area (Å²) in [6, 6.07) is 18.9. The minimum Gasteiger partial charge on any atom is -0.494 e. The number of ether oxygens (including phenoxy) is 1. The molecule has 1 aromatic heterocycles. The van der Waals surface area contributed by atoms with Crippen molar-refractivity contribution in [2.45, 2.75) is 6.92 Å². The first-order chi connectivity index (χ1) is 13.5. The second-order valence-corrected chi connectivity index (χ2v) is 6.56. The van der Waals surface area contributed by atoms with Crippen molar-refractivity contribution in [2.24, 2.45) is 0 Å². The van der Waals surface area contributed by atoms with Crippen LogP contribution in [0.3, 0.4) is 0 Å². The van der Waals surface area contributed by atoms with E-state index in [4.69, 9.17) is 9.72 Å². The van der Waals surface area contributed by atoms with Crippen molar-refractivity contribution in [1.29, 1.82) is 0 Å². The van der Waals surface area contributed by atoms with Crippen LogP contribution in [0, 0.1) is 18.6 Å². The predicted molar refractivity (Wildman–Crippen MR) is 108 cm³/mol. The third-order valence-electron chi connectivity index (χ3n) is 4.54. The fraction of sp³-hybridized carbons (Fsp3) is 0.0870. The maximum Gasteiger partial charge on any atom is 0.167 e. The maximum atomic E-state index is 14.1. The quantitative estimate of drug-likeness (QED) is 0.458. The van der Waals surface area contributed by atoms with E-state index in [0.29, 0.717) is 17.2 Å². The van der Waals surface area contributed by atoms with Crippen LogP contribution in [-0.4, -0.2) is 12.1 Å². The second-order valence-electron chi connectivity index (χ2n) is 6.56. The van der Waals surface area contributed by atoms with Gasteiger partial charge in [-0.25, -0.2) is 13.8 Å². The first-order valence-corrected chi connectivity index (χ1v) is 8.81. The minimum atomic E-state index is -0.456. The van der Waals surface area contributed by atoms with Gasteiger partial charge in [0, 0.05) is 22.7 Å². The Labute approximate surface area is 161 Å². The number of nitrogens with zero attached hydrogens (tertiary/aromatic N) is 1. The first kappa shape index (κ1) is 17.9. The summed E-state index contributed by atoms with van der Waals surface area (Å²) in [4.78, 5) is 4.72. The van der Waals surface area contributed by atoms with E-state index < -0.39 is 5.82 Å². The summed E-state index contributed by atoms with van der Waals surface area (Å²) in [5.74, 6) is 0.0271. The van der Waals surface area contributed by atoms with Gasteiger partial charge >= 0.3 is 0 Å². The highest BCUT2D eigenvalue weighted by molar-refractivity contribution is 5.96. The molecular weight excluding hydrogens is 358 g/mol. The molecule has 0 atom stereocenters. The van der Waals surface area contributed by atoms with Gasteiger partial charge in [-0.15, -0.1) is 0 Å². The number of aryl methyl sites for hydroxylation is 1. The molecule has 1 N–H and O–H groups in total. The standard InChI is InChI=1S/C23H18F2N2O/c1-14-3-4-16-12-21(15-5-7-17(24)8-6-15)27-23(19(16)11-14)26-18-9-10-22(28-2)20(25)13-18/h3-13H,1-2H3,(H,26,27). The number of fused-ring (bicyclic) bond motifs is 1. The molecule has 5 heteroatoms. The Balaban J connectivity index is 1.84. The lowest BCUT2D eigenvalue weighted by Crippen LogP contribution is -1.98. The molecular formula is C23H18F2N2O. The summed E-state index contributed by atoms with van der Waals surface area (Å²) in [5.41, 5.74) is 3.15. The van der Waals surface area contributed by atoms with E-state index in [-0.39, 0.29) is 11.6 Å². The summed E-state index contributed by atoms with van der Waals surface area (Å²) in [6.07, 6.45) is 0. The van der Waals surface area contributed by atoms with E-state index in [1.807, 2.05) is 31.2 Å². The molecule has 28 heavy (non-hydrogen) atoms. The monoisotopic (exact) mass is 376 g/mol. The minimum absolute atomic E-state index is 0.180. The summed E-state index contributed by atoms with van der Waals surface area (Å²) < 4.78 is 32.4. The summed E-state index contributed by atoms with van der Waals surface area (Å²) in [5, 5.41) is 5.11. The van der Waals surface area contributed by atoms with Crippen LogP contribution in [0.2, 0.25) is 0 Å². The van der Waals surface area contributed by atoms with E-state index in [1.54, 1.807) is 24.3 Å². The lowest BCUT2D eigenvalue weighted by molar-refractivity contribution is 0.386. The molecule has 3 aromatic carbocycles. The normalized spacial score (nSPS) is 10.9. The highest BCUT2D eigenvalue weighted by Gasteiger charge is 2.11. The van der Waals surface area contributed by atoms with Crippen LogP contribution in [-0.2, 0) is 0 Å². The molecule has 1 heterocycles. The van der Waals surface area contributed by atoms with Gasteiger partial charge in [-0.1, -0.05) is 17.7 Å². The van der Waals surface area contributed by atoms with Crippen molar-refractivity contribution in [1.82, 2.24) is 4.98 Å². The number of pyridine rings is 1. The van der Waals surface area contributed by atoms with Crippen LogP contribution in [0.4, 0.5) is 20.3 Å². The van der Waals surface area contributed by atoms with Gasteiger partial charge in [0.15, 0.2) is 11.6 Å². The zero-order valence-electron chi connectivity index (χ0n) is 15.5. The van der Waals surface area contributed by atoms with Crippen molar-refractivity contribution < 1.29 is 13.5 Å². The molecule has 0 aliphatic heterocycles. The topological polar surface area (TPSA) is 34.1 Å². The summed E-state index contributed by atoms with van der Waals surface area (Å²) in [7, 11) is 1.43. The Bertz CT molecular complexity index is 1160.